The van der Waals surface area contributed by atoms with Crippen LogP contribution in [0.3, 0.4) is 0 Å². The van der Waals surface area contributed by atoms with E-state index in [-0.39, 0.29) is 11.1 Å². The van der Waals surface area contributed by atoms with Crippen molar-refractivity contribution >= 4 is 5.82 Å². The van der Waals surface area contributed by atoms with Crippen LogP contribution >= 0.6 is 0 Å². The number of hydrogen-bond acceptors (Lipinski definition) is 4. The molecule has 0 aliphatic heterocycles. The van der Waals surface area contributed by atoms with E-state index < -0.39 is 0 Å². The third kappa shape index (κ3) is 3.48. The quantitative estimate of drug-likeness (QED) is 0.911. The Morgan fingerprint density at radius 1 is 1.33 bits per heavy atom. The smallest absolute Gasteiger partial charge is 0.271 e. The molecule has 0 radical (unpaired) electrons. The fourth-order valence-electron chi connectivity index (χ4n) is 2.20. The zero-order valence-electron chi connectivity index (χ0n) is 12.3. The summed E-state index contributed by atoms with van der Waals surface area (Å²) in [5, 5.41) is 9.16. The van der Waals surface area contributed by atoms with Crippen molar-refractivity contribution in [2.24, 2.45) is 0 Å². The van der Waals surface area contributed by atoms with Gasteiger partial charge in [-0.15, -0.1) is 0 Å². The lowest BCUT2D eigenvalue weighted by Crippen LogP contribution is -2.26. The van der Waals surface area contributed by atoms with Crippen LogP contribution in [-0.2, 0) is 6.42 Å². The number of nitriles is 1. The number of H-pyrrole nitrogens is 1. The minimum Gasteiger partial charge on any atom is -0.358 e. The van der Waals surface area contributed by atoms with Gasteiger partial charge in [0.25, 0.3) is 5.56 Å². The van der Waals surface area contributed by atoms with Gasteiger partial charge in [-0.2, -0.15) is 5.26 Å². The average molecular weight is 282 g/mol. The van der Waals surface area contributed by atoms with Crippen LogP contribution in [0.2, 0.25) is 0 Å². The van der Waals surface area contributed by atoms with Gasteiger partial charge in [0, 0.05) is 20.0 Å². The predicted molar refractivity (Wildman–Crippen MR) is 82.4 cm³/mol. The highest BCUT2D eigenvalue weighted by atomic mass is 16.1. The van der Waals surface area contributed by atoms with Crippen LogP contribution in [0.15, 0.2) is 35.1 Å². The number of hydrogen-bond donors (Lipinski definition) is 1. The number of aromatic amines is 1. The third-order valence-corrected chi connectivity index (χ3v) is 3.20. The molecule has 0 atom stereocenters. The number of anilines is 1. The summed E-state index contributed by atoms with van der Waals surface area (Å²) in [5.74, 6) is 1.03. The standard InChI is InChI=1S/C16H18N4O/c1-3-9-20(2)15-13(11-17)16(21)19-14(18-15)10-12-7-5-4-6-8-12/h4-8H,3,9-10H2,1-2H3,(H,18,19,21). The first-order valence-electron chi connectivity index (χ1n) is 6.94. The molecule has 1 N–H and O–H groups in total. The first-order chi connectivity index (χ1) is 10.2. The monoisotopic (exact) mass is 282 g/mol. The second-order valence-electron chi connectivity index (χ2n) is 4.91. The Labute approximate surface area is 123 Å². The van der Waals surface area contributed by atoms with Crippen LogP contribution in [0.5, 0.6) is 0 Å². The van der Waals surface area contributed by atoms with Crippen molar-refractivity contribution in [3.05, 3.63) is 57.6 Å². The zero-order valence-corrected chi connectivity index (χ0v) is 12.3. The van der Waals surface area contributed by atoms with Crippen molar-refractivity contribution in [2.45, 2.75) is 19.8 Å². The van der Waals surface area contributed by atoms with Gasteiger partial charge < -0.3 is 9.88 Å². The SMILES string of the molecule is CCCN(C)c1nc(Cc2ccccc2)[nH]c(=O)c1C#N. The molecule has 5 heteroatoms. The van der Waals surface area contributed by atoms with E-state index in [1.54, 1.807) is 0 Å². The predicted octanol–water partition coefficient (Wildman–Crippen LogP) is 2.08. The second-order valence-corrected chi connectivity index (χ2v) is 4.91. The number of aromatic nitrogens is 2. The molecule has 0 saturated carbocycles. The van der Waals surface area contributed by atoms with Gasteiger partial charge in [0.15, 0.2) is 11.4 Å². The minimum atomic E-state index is -0.378. The van der Waals surface area contributed by atoms with Gasteiger partial charge in [-0.05, 0) is 12.0 Å². The van der Waals surface area contributed by atoms with Crippen molar-refractivity contribution in [1.29, 1.82) is 5.26 Å². The molecule has 0 unspecified atom stereocenters. The molecule has 5 nitrogen and oxygen atoms in total. The molecule has 1 aromatic carbocycles. The lowest BCUT2D eigenvalue weighted by atomic mass is 10.1. The van der Waals surface area contributed by atoms with Crippen LogP contribution in [0.1, 0.15) is 30.3 Å². The maximum atomic E-state index is 12.0. The van der Waals surface area contributed by atoms with Gasteiger partial charge in [-0.25, -0.2) is 4.98 Å². The van der Waals surface area contributed by atoms with E-state index in [0.717, 1.165) is 18.5 Å². The van der Waals surface area contributed by atoms with E-state index in [4.69, 9.17) is 5.26 Å². The molecular weight excluding hydrogens is 264 g/mol. The molecule has 2 rings (SSSR count). The van der Waals surface area contributed by atoms with Gasteiger partial charge >= 0.3 is 0 Å². The van der Waals surface area contributed by atoms with Crippen molar-refractivity contribution < 1.29 is 0 Å². The van der Waals surface area contributed by atoms with Crippen molar-refractivity contribution in [1.82, 2.24) is 9.97 Å². The molecule has 0 aliphatic rings. The summed E-state index contributed by atoms with van der Waals surface area (Å²) >= 11 is 0. The Hall–Kier alpha value is -2.61. The number of rotatable bonds is 5. The number of benzene rings is 1. The Morgan fingerprint density at radius 3 is 2.67 bits per heavy atom. The highest BCUT2D eigenvalue weighted by Gasteiger charge is 2.14. The van der Waals surface area contributed by atoms with Crippen LogP contribution in [0, 0.1) is 11.3 Å². The first-order valence-corrected chi connectivity index (χ1v) is 6.94. The summed E-state index contributed by atoms with van der Waals surface area (Å²) < 4.78 is 0. The molecule has 0 bridgehead atoms. The van der Waals surface area contributed by atoms with E-state index in [1.165, 1.54) is 0 Å². The number of nitrogens with one attached hydrogen (secondary N) is 1. The fourth-order valence-corrected chi connectivity index (χ4v) is 2.20. The molecule has 0 aliphatic carbocycles. The number of nitrogens with zero attached hydrogens (tertiary/aromatic N) is 3. The molecule has 21 heavy (non-hydrogen) atoms. The lowest BCUT2D eigenvalue weighted by Gasteiger charge is -2.18. The molecular formula is C16H18N4O. The highest BCUT2D eigenvalue weighted by Crippen LogP contribution is 2.14. The summed E-state index contributed by atoms with van der Waals surface area (Å²) in [5.41, 5.74) is 0.758. The zero-order chi connectivity index (χ0) is 15.2. The van der Waals surface area contributed by atoms with Crippen LogP contribution in [0.25, 0.3) is 0 Å². The van der Waals surface area contributed by atoms with E-state index in [0.29, 0.717) is 18.1 Å². The lowest BCUT2D eigenvalue weighted by molar-refractivity contribution is 0.816. The van der Waals surface area contributed by atoms with Crippen molar-refractivity contribution in [2.75, 3.05) is 18.5 Å². The third-order valence-electron chi connectivity index (χ3n) is 3.20. The average Bonchev–Trinajstić information content (AvgIpc) is 2.48. The van der Waals surface area contributed by atoms with Crippen LogP contribution in [0.4, 0.5) is 5.82 Å². The van der Waals surface area contributed by atoms with Crippen molar-refractivity contribution in [3.8, 4) is 6.07 Å². The van der Waals surface area contributed by atoms with E-state index in [1.807, 2.05) is 55.3 Å². The topological polar surface area (TPSA) is 72.8 Å². The summed E-state index contributed by atoms with van der Waals surface area (Å²) in [7, 11) is 1.85. The Bertz CT molecular complexity index is 700. The Balaban J connectivity index is 2.41. The maximum absolute atomic E-state index is 12.0. The maximum Gasteiger partial charge on any atom is 0.271 e. The molecule has 0 fully saturated rings. The summed E-state index contributed by atoms with van der Waals surface area (Å²) in [6.07, 6.45) is 1.46. The molecule has 0 amide bonds. The first kappa shape index (κ1) is 14.8. The molecule has 2 aromatic rings. The molecule has 1 heterocycles. The second kappa shape index (κ2) is 6.71. The Morgan fingerprint density at radius 2 is 2.05 bits per heavy atom. The Kier molecular flexibility index (Phi) is 4.72. The van der Waals surface area contributed by atoms with Gasteiger partial charge in [0.05, 0.1) is 0 Å². The van der Waals surface area contributed by atoms with Gasteiger partial charge in [-0.1, -0.05) is 37.3 Å². The summed E-state index contributed by atoms with van der Waals surface area (Å²) in [4.78, 5) is 21.1. The molecule has 1 aromatic heterocycles. The normalized spacial score (nSPS) is 10.1. The minimum absolute atomic E-state index is 0.0720. The van der Waals surface area contributed by atoms with Gasteiger partial charge in [0.2, 0.25) is 0 Å². The van der Waals surface area contributed by atoms with E-state index in [9.17, 15) is 4.79 Å². The van der Waals surface area contributed by atoms with E-state index >= 15 is 0 Å². The molecule has 108 valence electrons. The summed E-state index contributed by atoms with van der Waals surface area (Å²) in [6, 6.07) is 11.7. The van der Waals surface area contributed by atoms with Crippen LogP contribution in [-0.4, -0.2) is 23.6 Å². The highest BCUT2D eigenvalue weighted by molar-refractivity contribution is 5.52. The molecule has 0 spiro atoms. The fraction of sp³-hybridized carbons (Fsp3) is 0.312. The summed E-state index contributed by atoms with van der Waals surface area (Å²) in [6.45, 7) is 2.79. The van der Waals surface area contributed by atoms with Crippen LogP contribution < -0.4 is 10.5 Å². The van der Waals surface area contributed by atoms with E-state index in [2.05, 4.69) is 9.97 Å². The van der Waals surface area contributed by atoms with Gasteiger partial charge in [-0.3, -0.25) is 4.79 Å². The molecule has 0 saturated heterocycles. The van der Waals surface area contributed by atoms with Crippen molar-refractivity contribution in [3.63, 3.8) is 0 Å². The largest absolute Gasteiger partial charge is 0.358 e. The van der Waals surface area contributed by atoms with Gasteiger partial charge in [0.1, 0.15) is 11.9 Å².